The second kappa shape index (κ2) is 5.42. The zero-order valence-electron chi connectivity index (χ0n) is 9.65. The van der Waals surface area contributed by atoms with Crippen molar-refractivity contribution in [1.82, 2.24) is 9.97 Å². The first-order chi connectivity index (χ1) is 8.58. The fraction of sp³-hybridized carbons (Fsp3) is 0.167. The average Bonchev–Trinajstić information content (AvgIpc) is 2.30. The maximum Gasteiger partial charge on any atom is 0.225 e. The van der Waals surface area contributed by atoms with E-state index in [2.05, 4.69) is 9.97 Å². The third kappa shape index (κ3) is 3.03. The third-order valence-corrected chi connectivity index (χ3v) is 2.87. The van der Waals surface area contributed by atoms with E-state index in [4.69, 9.17) is 33.7 Å². The van der Waals surface area contributed by atoms with Crippen LogP contribution >= 0.6 is 23.2 Å². The molecule has 0 saturated carbocycles. The quantitative estimate of drug-likeness (QED) is 0.872. The van der Waals surface area contributed by atoms with E-state index in [1.165, 1.54) is 6.07 Å². The van der Waals surface area contributed by atoms with Gasteiger partial charge in [-0.15, -0.1) is 0 Å². The van der Waals surface area contributed by atoms with Gasteiger partial charge in [-0.3, -0.25) is 0 Å². The van der Waals surface area contributed by atoms with Crippen LogP contribution in [0, 0.1) is 0 Å². The van der Waals surface area contributed by atoms with Crippen LogP contribution in [0.25, 0.3) is 0 Å². The summed E-state index contributed by atoms with van der Waals surface area (Å²) in [6.07, 6.45) is 0.822. The molecular formula is C12H11Cl2N3O. The minimum absolute atomic E-state index is 0.0715. The van der Waals surface area contributed by atoms with Crippen molar-refractivity contribution in [3.05, 3.63) is 40.0 Å². The monoisotopic (exact) mass is 283 g/mol. The van der Waals surface area contributed by atoms with Crippen LogP contribution in [-0.4, -0.2) is 9.97 Å². The Labute approximate surface area is 115 Å². The summed E-state index contributed by atoms with van der Waals surface area (Å²) in [6.45, 7) is 2.02. The molecule has 0 aliphatic rings. The summed E-state index contributed by atoms with van der Waals surface area (Å²) in [5.41, 5.74) is 6.49. The maximum atomic E-state index is 6.03. The topological polar surface area (TPSA) is 61.0 Å². The zero-order valence-corrected chi connectivity index (χ0v) is 11.2. The number of nitrogen functional groups attached to an aromatic ring is 1. The lowest BCUT2D eigenvalue weighted by atomic mass is 10.1. The number of nitrogens with two attached hydrogens (primary N) is 1. The molecule has 94 valence electrons. The predicted molar refractivity (Wildman–Crippen MR) is 72.4 cm³/mol. The minimum Gasteiger partial charge on any atom is -0.439 e. The molecule has 0 radical (unpaired) electrons. The molecule has 1 heterocycles. The molecule has 0 fully saturated rings. The van der Waals surface area contributed by atoms with Crippen molar-refractivity contribution in [3.8, 4) is 11.6 Å². The van der Waals surface area contributed by atoms with Crippen molar-refractivity contribution in [2.45, 2.75) is 13.3 Å². The molecule has 6 heteroatoms. The second-order valence-electron chi connectivity index (χ2n) is 3.60. The van der Waals surface area contributed by atoms with Gasteiger partial charge in [0.05, 0.1) is 0 Å². The summed E-state index contributed by atoms with van der Waals surface area (Å²) >= 11 is 11.8. The van der Waals surface area contributed by atoms with Crippen LogP contribution in [0.3, 0.4) is 0 Å². The van der Waals surface area contributed by atoms with Gasteiger partial charge in [-0.25, -0.2) is 4.98 Å². The summed E-state index contributed by atoms with van der Waals surface area (Å²) in [5.74, 6) is 1.00. The predicted octanol–water partition coefficient (Wildman–Crippen LogP) is 3.72. The Bertz CT molecular complexity index is 555. The Morgan fingerprint density at radius 1 is 1.22 bits per heavy atom. The molecule has 2 rings (SSSR count). The Hall–Kier alpha value is -1.52. The highest BCUT2D eigenvalue weighted by atomic mass is 35.5. The van der Waals surface area contributed by atoms with Crippen LogP contribution in [0.2, 0.25) is 10.2 Å². The molecule has 0 unspecified atom stereocenters. The molecule has 18 heavy (non-hydrogen) atoms. The molecule has 0 bridgehead atoms. The molecule has 0 spiro atoms. The van der Waals surface area contributed by atoms with Gasteiger partial charge < -0.3 is 10.5 Å². The van der Waals surface area contributed by atoms with Crippen LogP contribution in [-0.2, 0) is 6.42 Å². The molecule has 4 nitrogen and oxygen atoms in total. The molecule has 0 amide bonds. The molecule has 0 atom stereocenters. The molecule has 2 aromatic rings. The van der Waals surface area contributed by atoms with Crippen LogP contribution in [0.4, 0.5) is 5.95 Å². The molecule has 0 aliphatic carbocycles. The number of hydrogen-bond acceptors (Lipinski definition) is 4. The summed E-state index contributed by atoms with van der Waals surface area (Å²) in [5, 5.41) is 0.951. The first-order valence-electron chi connectivity index (χ1n) is 5.35. The number of ether oxygens (including phenoxy) is 1. The van der Waals surface area contributed by atoms with Gasteiger partial charge in [0.1, 0.15) is 10.9 Å². The van der Waals surface area contributed by atoms with Gasteiger partial charge in [-0.05, 0) is 30.2 Å². The van der Waals surface area contributed by atoms with Crippen LogP contribution < -0.4 is 10.5 Å². The van der Waals surface area contributed by atoms with Crippen molar-refractivity contribution >= 4 is 29.2 Å². The van der Waals surface area contributed by atoms with E-state index in [0.717, 1.165) is 12.0 Å². The largest absolute Gasteiger partial charge is 0.439 e. The van der Waals surface area contributed by atoms with Crippen molar-refractivity contribution in [1.29, 1.82) is 0 Å². The lowest BCUT2D eigenvalue weighted by Crippen LogP contribution is -1.97. The molecule has 2 N–H and O–H groups in total. The Morgan fingerprint density at radius 3 is 2.67 bits per heavy atom. The first-order valence-corrected chi connectivity index (χ1v) is 6.10. The zero-order chi connectivity index (χ0) is 13.1. The number of nitrogens with zero attached hydrogens (tertiary/aromatic N) is 2. The number of aromatic nitrogens is 2. The third-order valence-electron chi connectivity index (χ3n) is 2.31. The Kier molecular flexibility index (Phi) is 3.89. The van der Waals surface area contributed by atoms with Gasteiger partial charge in [0.15, 0.2) is 0 Å². The summed E-state index contributed by atoms with van der Waals surface area (Å²) in [4.78, 5) is 7.69. The smallest absolute Gasteiger partial charge is 0.225 e. The van der Waals surface area contributed by atoms with Crippen LogP contribution in [0.5, 0.6) is 11.6 Å². The summed E-state index contributed by atoms with van der Waals surface area (Å²) < 4.78 is 5.56. The average molecular weight is 284 g/mol. The summed E-state index contributed by atoms with van der Waals surface area (Å²) in [6, 6.07) is 6.89. The SMILES string of the molecule is CCc1cc(Oc2cc(Cl)nc(N)n2)ccc1Cl. The minimum atomic E-state index is 0.0715. The van der Waals surface area contributed by atoms with E-state index < -0.39 is 0 Å². The number of anilines is 1. The van der Waals surface area contributed by atoms with E-state index in [-0.39, 0.29) is 11.1 Å². The molecule has 1 aromatic heterocycles. The molecule has 0 aliphatic heterocycles. The first kappa shape index (κ1) is 12.9. The standard InChI is InChI=1S/C12H11Cl2N3O/c1-2-7-5-8(3-4-9(7)13)18-11-6-10(14)16-12(15)17-11/h3-6H,2H2,1H3,(H2,15,16,17). The van der Waals surface area contributed by atoms with E-state index in [1.54, 1.807) is 12.1 Å². The van der Waals surface area contributed by atoms with Crippen molar-refractivity contribution in [2.24, 2.45) is 0 Å². The van der Waals surface area contributed by atoms with Gasteiger partial charge >= 0.3 is 0 Å². The molecular weight excluding hydrogens is 273 g/mol. The van der Waals surface area contributed by atoms with Crippen LogP contribution in [0.1, 0.15) is 12.5 Å². The van der Waals surface area contributed by atoms with Crippen molar-refractivity contribution < 1.29 is 4.74 Å². The lowest BCUT2D eigenvalue weighted by molar-refractivity contribution is 0.462. The van der Waals surface area contributed by atoms with Gasteiger partial charge in [0.2, 0.25) is 11.8 Å². The fourth-order valence-corrected chi connectivity index (χ4v) is 1.90. The van der Waals surface area contributed by atoms with Crippen molar-refractivity contribution in [2.75, 3.05) is 5.73 Å². The second-order valence-corrected chi connectivity index (χ2v) is 4.39. The van der Waals surface area contributed by atoms with E-state index in [0.29, 0.717) is 16.7 Å². The van der Waals surface area contributed by atoms with E-state index in [1.807, 2.05) is 13.0 Å². The van der Waals surface area contributed by atoms with Gasteiger partial charge in [-0.1, -0.05) is 30.1 Å². The lowest BCUT2D eigenvalue weighted by Gasteiger charge is -2.08. The van der Waals surface area contributed by atoms with E-state index >= 15 is 0 Å². The van der Waals surface area contributed by atoms with Gasteiger partial charge in [0.25, 0.3) is 0 Å². The normalized spacial score (nSPS) is 10.4. The van der Waals surface area contributed by atoms with Gasteiger partial charge in [-0.2, -0.15) is 4.98 Å². The van der Waals surface area contributed by atoms with E-state index in [9.17, 15) is 0 Å². The van der Waals surface area contributed by atoms with Crippen LogP contribution in [0.15, 0.2) is 24.3 Å². The van der Waals surface area contributed by atoms with Crippen molar-refractivity contribution in [3.63, 3.8) is 0 Å². The summed E-state index contributed by atoms with van der Waals surface area (Å²) in [7, 11) is 0. The highest BCUT2D eigenvalue weighted by Gasteiger charge is 2.05. The number of benzene rings is 1. The Morgan fingerprint density at radius 2 is 2.00 bits per heavy atom. The molecule has 1 aromatic carbocycles. The number of aryl methyl sites for hydroxylation is 1. The molecule has 0 saturated heterocycles. The maximum absolute atomic E-state index is 6.03. The highest BCUT2D eigenvalue weighted by molar-refractivity contribution is 6.31. The number of rotatable bonds is 3. The number of halogens is 2. The Balaban J connectivity index is 2.28. The number of hydrogen-bond donors (Lipinski definition) is 1. The highest BCUT2D eigenvalue weighted by Crippen LogP contribution is 2.26. The van der Waals surface area contributed by atoms with Gasteiger partial charge in [0, 0.05) is 11.1 Å². The fourth-order valence-electron chi connectivity index (χ4n) is 1.47.